The van der Waals surface area contributed by atoms with Gasteiger partial charge >= 0.3 is 0 Å². The first-order valence-electron chi connectivity index (χ1n) is 6.14. The smallest absolute Gasteiger partial charge is 0.118 e. The van der Waals surface area contributed by atoms with Gasteiger partial charge in [0.05, 0.1) is 26.4 Å². The molecular weight excluding hydrogens is 244 g/mol. The molecule has 0 spiro atoms. The summed E-state index contributed by atoms with van der Waals surface area (Å²) in [5.74, 6) is 1.68. The Morgan fingerprint density at radius 1 is 1.32 bits per heavy atom. The normalized spacial score (nSPS) is 12.4. The van der Waals surface area contributed by atoms with E-state index in [1.807, 2.05) is 28.8 Å². The molecule has 0 aliphatic heterocycles. The van der Waals surface area contributed by atoms with Gasteiger partial charge in [-0.3, -0.25) is 0 Å². The van der Waals surface area contributed by atoms with Crippen LogP contribution in [0.1, 0.15) is 11.4 Å². The molecule has 2 aromatic rings. The van der Waals surface area contributed by atoms with E-state index in [2.05, 4.69) is 4.98 Å². The Morgan fingerprint density at radius 2 is 2.05 bits per heavy atom. The number of aliphatic hydroxyl groups excluding tert-OH is 2. The lowest BCUT2D eigenvalue weighted by molar-refractivity contribution is 0.0806. The van der Waals surface area contributed by atoms with Crippen LogP contribution >= 0.6 is 0 Å². The van der Waals surface area contributed by atoms with Crippen molar-refractivity contribution in [1.29, 1.82) is 0 Å². The van der Waals surface area contributed by atoms with Crippen molar-refractivity contribution in [1.82, 2.24) is 9.55 Å². The van der Waals surface area contributed by atoms with E-state index in [0.29, 0.717) is 13.0 Å². The molecule has 0 saturated heterocycles. The number of hydrogen-bond donors (Lipinski definition) is 2. The molecular formula is C14H18N2O3. The van der Waals surface area contributed by atoms with Crippen molar-refractivity contribution in [3.8, 4) is 5.75 Å². The molecule has 102 valence electrons. The number of aromatic nitrogens is 2. The first kappa shape index (κ1) is 13.6. The molecule has 1 atom stereocenters. The molecule has 0 amide bonds. The van der Waals surface area contributed by atoms with Gasteiger partial charge in [0.15, 0.2) is 0 Å². The molecule has 2 rings (SSSR count). The van der Waals surface area contributed by atoms with E-state index in [1.165, 1.54) is 0 Å². The van der Waals surface area contributed by atoms with Gasteiger partial charge in [-0.2, -0.15) is 0 Å². The molecule has 2 N–H and O–H groups in total. The largest absolute Gasteiger partial charge is 0.497 e. The molecule has 1 aromatic heterocycles. The van der Waals surface area contributed by atoms with Crippen molar-refractivity contribution in [2.45, 2.75) is 19.1 Å². The third kappa shape index (κ3) is 3.56. The van der Waals surface area contributed by atoms with Crippen LogP contribution in [-0.4, -0.2) is 39.6 Å². The third-order valence-electron chi connectivity index (χ3n) is 2.94. The van der Waals surface area contributed by atoms with Crippen molar-refractivity contribution >= 4 is 0 Å². The Kier molecular flexibility index (Phi) is 4.54. The fraction of sp³-hybridized carbons (Fsp3) is 0.357. The van der Waals surface area contributed by atoms with Gasteiger partial charge in [-0.05, 0) is 17.7 Å². The number of rotatable bonds is 6. The molecule has 19 heavy (non-hydrogen) atoms. The van der Waals surface area contributed by atoms with Crippen LogP contribution in [0.2, 0.25) is 0 Å². The van der Waals surface area contributed by atoms with Gasteiger partial charge in [-0.25, -0.2) is 4.98 Å². The van der Waals surface area contributed by atoms with E-state index < -0.39 is 6.10 Å². The zero-order chi connectivity index (χ0) is 13.7. The zero-order valence-corrected chi connectivity index (χ0v) is 10.9. The number of aliphatic hydroxyl groups is 2. The molecule has 0 fully saturated rings. The Balaban J connectivity index is 2.07. The number of benzene rings is 1. The van der Waals surface area contributed by atoms with E-state index in [1.54, 1.807) is 19.5 Å². The molecule has 5 nitrogen and oxygen atoms in total. The minimum Gasteiger partial charge on any atom is -0.497 e. The predicted octanol–water partition coefficient (Wildman–Crippen LogP) is 0.836. The summed E-state index contributed by atoms with van der Waals surface area (Å²) in [7, 11) is 1.64. The number of imidazole rings is 1. The summed E-state index contributed by atoms with van der Waals surface area (Å²) in [4.78, 5) is 4.28. The van der Waals surface area contributed by atoms with Crippen molar-refractivity contribution in [2.75, 3.05) is 13.7 Å². The third-order valence-corrected chi connectivity index (χ3v) is 2.94. The van der Waals surface area contributed by atoms with Gasteiger partial charge in [0.25, 0.3) is 0 Å². The van der Waals surface area contributed by atoms with Crippen molar-refractivity contribution in [3.63, 3.8) is 0 Å². The fourth-order valence-corrected chi connectivity index (χ4v) is 1.88. The highest BCUT2D eigenvalue weighted by atomic mass is 16.5. The monoisotopic (exact) mass is 262 g/mol. The highest BCUT2D eigenvalue weighted by molar-refractivity contribution is 5.28. The Hall–Kier alpha value is -1.85. The second kappa shape index (κ2) is 6.36. The molecule has 1 aromatic carbocycles. The van der Waals surface area contributed by atoms with E-state index in [0.717, 1.165) is 17.1 Å². The van der Waals surface area contributed by atoms with Crippen LogP contribution in [0.3, 0.4) is 0 Å². The fourth-order valence-electron chi connectivity index (χ4n) is 1.88. The number of nitrogens with zero attached hydrogens (tertiary/aromatic N) is 2. The van der Waals surface area contributed by atoms with Gasteiger partial charge in [-0.1, -0.05) is 12.1 Å². The first-order chi connectivity index (χ1) is 9.22. The maximum atomic E-state index is 9.47. The Bertz CT molecular complexity index is 508. The summed E-state index contributed by atoms with van der Waals surface area (Å²) in [6.07, 6.45) is 3.42. The summed E-state index contributed by atoms with van der Waals surface area (Å²) < 4.78 is 6.97. The van der Waals surface area contributed by atoms with Crippen molar-refractivity contribution in [3.05, 3.63) is 48.0 Å². The van der Waals surface area contributed by atoms with Gasteiger partial charge in [0.2, 0.25) is 0 Å². The lowest BCUT2D eigenvalue weighted by Gasteiger charge is -2.11. The first-order valence-corrected chi connectivity index (χ1v) is 6.14. The van der Waals surface area contributed by atoms with E-state index in [-0.39, 0.29) is 6.61 Å². The average Bonchev–Trinajstić information content (AvgIpc) is 2.86. The van der Waals surface area contributed by atoms with Crippen LogP contribution in [0.4, 0.5) is 0 Å². The lowest BCUT2D eigenvalue weighted by Crippen LogP contribution is -2.20. The molecule has 1 unspecified atom stereocenters. The molecule has 0 aliphatic carbocycles. The average molecular weight is 262 g/mol. The van der Waals surface area contributed by atoms with Crippen LogP contribution in [0.5, 0.6) is 5.75 Å². The molecule has 1 heterocycles. The van der Waals surface area contributed by atoms with Crippen LogP contribution in [0, 0.1) is 0 Å². The lowest BCUT2D eigenvalue weighted by atomic mass is 10.1. The van der Waals surface area contributed by atoms with Crippen LogP contribution < -0.4 is 4.74 Å². The Labute approximate surface area is 112 Å². The summed E-state index contributed by atoms with van der Waals surface area (Å²) in [6, 6.07) is 7.79. The SMILES string of the molecule is COc1ccc(Cc2nccn2CC(O)CO)cc1. The quantitative estimate of drug-likeness (QED) is 0.809. The minimum absolute atomic E-state index is 0.250. The van der Waals surface area contributed by atoms with Crippen molar-refractivity contribution in [2.24, 2.45) is 0 Å². The maximum Gasteiger partial charge on any atom is 0.118 e. The summed E-state index contributed by atoms with van der Waals surface area (Å²) in [5.41, 5.74) is 1.12. The standard InChI is InChI=1S/C14H18N2O3/c1-19-13-4-2-11(3-5-13)8-14-15-6-7-16(14)9-12(18)10-17/h2-7,12,17-18H,8-10H2,1H3. The van der Waals surface area contributed by atoms with Gasteiger partial charge in [-0.15, -0.1) is 0 Å². The van der Waals surface area contributed by atoms with Crippen LogP contribution in [0.15, 0.2) is 36.7 Å². The summed E-state index contributed by atoms with van der Waals surface area (Å²) >= 11 is 0. The second-order valence-electron chi connectivity index (χ2n) is 4.36. The highest BCUT2D eigenvalue weighted by Crippen LogP contribution is 2.14. The zero-order valence-electron chi connectivity index (χ0n) is 10.9. The van der Waals surface area contributed by atoms with E-state index >= 15 is 0 Å². The molecule has 0 radical (unpaired) electrons. The highest BCUT2D eigenvalue weighted by Gasteiger charge is 2.08. The second-order valence-corrected chi connectivity index (χ2v) is 4.36. The molecule has 0 bridgehead atoms. The summed E-state index contributed by atoms with van der Waals surface area (Å²) in [6.45, 7) is 0.0993. The predicted molar refractivity (Wildman–Crippen MR) is 71.1 cm³/mol. The van der Waals surface area contributed by atoms with Crippen LogP contribution in [-0.2, 0) is 13.0 Å². The van der Waals surface area contributed by atoms with Gasteiger partial charge < -0.3 is 19.5 Å². The number of ether oxygens (including phenoxy) is 1. The molecule has 5 heteroatoms. The topological polar surface area (TPSA) is 67.5 Å². The van der Waals surface area contributed by atoms with E-state index in [9.17, 15) is 5.11 Å². The number of hydrogen-bond acceptors (Lipinski definition) is 4. The maximum absolute atomic E-state index is 9.47. The van der Waals surface area contributed by atoms with E-state index in [4.69, 9.17) is 9.84 Å². The Morgan fingerprint density at radius 3 is 2.68 bits per heavy atom. The van der Waals surface area contributed by atoms with Gasteiger partial charge in [0, 0.05) is 18.8 Å². The molecule has 0 saturated carbocycles. The molecule has 0 aliphatic rings. The summed E-state index contributed by atoms with van der Waals surface area (Å²) in [5, 5.41) is 18.3. The number of methoxy groups -OCH3 is 1. The van der Waals surface area contributed by atoms with Crippen LogP contribution in [0.25, 0.3) is 0 Å². The van der Waals surface area contributed by atoms with Crippen molar-refractivity contribution < 1.29 is 14.9 Å². The van der Waals surface area contributed by atoms with Gasteiger partial charge in [0.1, 0.15) is 11.6 Å². The minimum atomic E-state index is -0.760.